The van der Waals surface area contributed by atoms with E-state index in [2.05, 4.69) is 15.3 Å². The largest absolute Gasteiger partial charge is 0.481 e. The van der Waals surface area contributed by atoms with Gasteiger partial charge in [0.2, 0.25) is 5.88 Å². The first-order chi connectivity index (χ1) is 15.6. The molecule has 0 spiro atoms. The maximum Gasteiger partial charge on any atom is 0.309 e. The highest BCUT2D eigenvalue weighted by atomic mass is 32.2. The fraction of sp³-hybridized carbons (Fsp3) is 0.429. The van der Waals surface area contributed by atoms with Crippen molar-refractivity contribution in [2.45, 2.75) is 44.4 Å². The Labute approximate surface area is 190 Å². The molecule has 33 heavy (non-hydrogen) atoms. The number of rotatable bonds is 7. The van der Waals surface area contributed by atoms with Crippen molar-refractivity contribution < 1.29 is 27.4 Å². The van der Waals surface area contributed by atoms with Crippen LogP contribution in [-0.4, -0.2) is 63.0 Å². The van der Waals surface area contributed by atoms with E-state index in [0.717, 1.165) is 0 Å². The number of hydrogen-bond acceptors (Lipinski definition) is 7. The first-order valence-corrected chi connectivity index (χ1v) is 11.9. The predicted molar refractivity (Wildman–Crippen MR) is 116 cm³/mol. The number of carboxylic acid groups (broad SMARTS) is 1. The van der Waals surface area contributed by atoms with E-state index >= 15 is 0 Å². The van der Waals surface area contributed by atoms with Gasteiger partial charge in [-0.15, -0.1) is 10.2 Å². The van der Waals surface area contributed by atoms with E-state index in [9.17, 15) is 22.7 Å². The summed E-state index contributed by atoms with van der Waals surface area (Å²) in [6.45, 7) is 5.80. The van der Waals surface area contributed by atoms with Gasteiger partial charge in [-0.3, -0.25) is 9.48 Å². The molecule has 176 valence electrons. The standard InChI is InChI=1S/C21H24FN5O5S/c1-12(2)32-19-6-7-20(24-23-19)33(30,31)26-10-13(3)18(11-26)27-17-8-14(22)4-5-15(17)16(25-27)9-21(28)29/h4-8,12-13,18H,9-11H2,1-3H3,(H,28,29)/t13-,18+/m1/s1. The van der Waals surface area contributed by atoms with E-state index in [-0.39, 0.29) is 42.4 Å². The zero-order valence-electron chi connectivity index (χ0n) is 18.3. The highest BCUT2D eigenvalue weighted by molar-refractivity contribution is 7.89. The minimum absolute atomic E-state index is 0.0786. The topological polar surface area (TPSA) is 128 Å². The van der Waals surface area contributed by atoms with Gasteiger partial charge in [-0.1, -0.05) is 6.92 Å². The van der Waals surface area contributed by atoms with Crippen LogP contribution in [0.15, 0.2) is 35.4 Å². The number of aromatic nitrogens is 4. The van der Waals surface area contributed by atoms with Crippen molar-refractivity contribution in [1.82, 2.24) is 24.3 Å². The summed E-state index contributed by atoms with van der Waals surface area (Å²) in [6, 6.07) is 6.43. The second-order valence-electron chi connectivity index (χ2n) is 8.37. The number of aliphatic carboxylic acids is 1. The van der Waals surface area contributed by atoms with Crippen molar-refractivity contribution >= 4 is 26.9 Å². The molecular weight excluding hydrogens is 453 g/mol. The summed E-state index contributed by atoms with van der Waals surface area (Å²) in [6.07, 6.45) is -0.444. The van der Waals surface area contributed by atoms with E-state index in [4.69, 9.17) is 4.74 Å². The lowest BCUT2D eigenvalue weighted by atomic mass is 10.1. The monoisotopic (exact) mass is 477 g/mol. The zero-order chi connectivity index (χ0) is 23.9. The third kappa shape index (κ3) is 4.53. The van der Waals surface area contributed by atoms with Gasteiger partial charge in [-0.2, -0.15) is 9.40 Å². The Hall–Kier alpha value is -3.12. The second-order valence-corrected chi connectivity index (χ2v) is 10.3. The number of halogens is 1. The lowest BCUT2D eigenvalue weighted by Gasteiger charge is -2.17. The molecule has 0 aliphatic carbocycles. The van der Waals surface area contributed by atoms with E-state index in [1.165, 1.54) is 34.6 Å². The predicted octanol–water partition coefficient (Wildman–Crippen LogP) is 2.26. The lowest BCUT2D eigenvalue weighted by Crippen LogP contribution is -2.30. The third-order valence-electron chi connectivity index (χ3n) is 5.49. The normalized spacial score (nSPS) is 19.4. The summed E-state index contributed by atoms with van der Waals surface area (Å²) in [5.41, 5.74) is 0.731. The van der Waals surface area contributed by atoms with Gasteiger partial charge < -0.3 is 9.84 Å². The molecule has 1 aromatic carbocycles. The highest BCUT2D eigenvalue weighted by Gasteiger charge is 2.40. The van der Waals surface area contributed by atoms with Crippen LogP contribution in [0.4, 0.5) is 4.39 Å². The maximum atomic E-state index is 14.0. The Morgan fingerprint density at radius 3 is 2.64 bits per heavy atom. The van der Waals surface area contributed by atoms with Crippen LogP contribution in [0.1, 0.15) is 32.5 Å². The Morgan fingerprint density at radius 1 is 1.24 bits per heavy atom. The summed E-state index contributed by atoms with van der Waals surface area (Å²) in [5.74, 6) is -1.48. The number of sulfonamides is 1. The van der Waals surface area contributed by atoms with Crippen LogP contribution in [-0.2, 0) is 21.2 Å². The number of ether oxygens (including phenoxy) is 1. The number of fused-ring (bicyclic) bond motifs is 1. The third-order valence-corrected chi connectivity index (χ3v) is 7.22. The van der Waals surface area contributed by atoms with Crippen molar-refractivity contribution in [2.75, 3.05) is 13.1 Å². The van der Waals surface area contributed by atoms with Crippen LogP contribution >= 0.6 is 0 Å². The van der Waals surface area contributed by atoms with Gasteiger partial charge in [0, 0.05) is 24.5 Å². The van der Waals surface area contributed by atoms with Gasteiger partial charge >= 0.3 is 5.97 Å². The van der Waals surface area contributed by atoms with Gasteiger partial charge in [-0.05, 0) is 44.0 Å². The molecule has 1 fully saturated rings. The quantitative estimate of drug-likeness (QED) is 0.549. The number of carboxylic acids is 1. The molecule has 10 nitrogen and oxygen atoms in total. The van der Waals surface area contributed by atoms with E-state index < -0.39 is 27.9 Å². The molecule has 0 amide bonds. The van der Waals surface area contributed by atoms with Gasteiger partial charge in [0.1, 0.15) is 5.82 Å². The van der Waals surface area contributed by atoms with E-state index in [1.807, 2.05) is 20.8 Å². The van der Waals surface area contributed by atoms with Crippen molar-refractivity contribution in [1.29, 1.82) is 0 Å². The number of hydrogen-bond donors (Lipinski definition) is 1. The summed E-state index contributed by atoms with van der Waals surface area (Å²) >= 11 is 0. The number of benzene rings is 1. The smallest absolute Gasteiger partial charge is 0.309 e. The molecule has 12 heteroatoms. The van der Waals surface area contributed by atoms with Crippen molar-refractivity contribution in [3.8, 4) is 5.88 Å². The first-order valence-electron chi connectivity index (χ1n) is 10.4. The summed E-state index contributed by atoms with van der Waals surface area (Å²) < 4.78 is 48.6. The van der Waals surface area contributed by atoms with Crippen LogP contribution in [0.25, 0.3) is 10.9 Å². The summed E-state index contributed by atoms with van der Waals surface area (Å²) in [7, 11) is -3.94. The Kier molecular flexibility index (Phi) is 6.06. The van der Waals surface area contributed by atoms with Crippen LogP contribution in [0, 0.1) is 11.7 Å². The van der Waals surface area contributed by atoms with Gasteiger partial charge in [0.05, 0.1) is 29.8 Å². The molecule has 4 rings (SSSR count). The molecule has 1 N–H and O–H groups in total. The molecule has 0 radical (unpaired) electrons. The van der Waals surface area contributed by atoms with Gasteiger partial charge in [-0.25, -0.2) is 12.8 Å². The molecule has 1 aliphatic rings. The molecule has 0 unspecified atom stereocenters. The minimum Gasteiger partial charge on any atom is -0.481 e. The summed E-state index contributed by atoms with van der Waals surface area (Å²) in [5, 5.41) is 21.6. The first kappa shape index (κ1) is 23.1. The molecule has 0 bridgehead atoms. The molecule has 1 saturated heterocycles. The molecular formula is C21H24FN5O5S. The second kappa shape index (κ2) is 8.67. The number of carbonyl (C=O) groups is 1. The van der Waals surface area contributed by atoms with Gasteiger partial charge in [0.15, 0.2) is 5.03 Å². The van der Waals surface area contributed by atoms with Gasteiger partial charge in [0.25, 0.3) is 10.0 Å². The maximum absolute atomic E-state index is 14.0. The van der Waals surface area contributed by atoms with Crippen LogP contribution < -0.4 is 4.74 Å². The Balaban J connectivity index is 1.64. The zero-order valence-corrected chi connectivity index (χ0v) is 19.2. The number of nitrogens with zero attached hydrogens (tertiary/aromatic N) is 5. The molecule has 3 aromatic rings. The Morgan fingerprint density at radius 2 is 2.00 bits per heavy atom. The molecule has 1 aliphatic heterocycles. The average molecular weight is 478 g/mol. The fourth-order valence-electron chi connectivity index (χ4n) is 4.01. The van der Waals surface area contributed by atoms with Crippen molar-refractivity contribution in [2.24, 2.45) is 5.92 Å². The Bertz CT molecular complexity index is 1290. The summed E-state index contributed by atoms with van der Waals surface area (Å²) in [4.78, 5) is 11.3. The lowest BCUT2D eigenvalue weighted by molar-refractivity contribution is -0.136. The van der Waals surface area contributed by atoms with E-state index in [0.29, 0.717) is 16.6 Å². The SMILES string of the molecule is CC(C)Oc1ccc(S(=O)(=O)N2C[C@@H](C)[C@@H](n3nc(CC(=O)O)c4ccc(F)cc43)C2)nn1. The average Bonchev–Trinajstić information content (AvgIpc) is 3.28. The van der Waals surface area contributed by atoms with Crippen LogP contribution in [0.2, 0.25) is 0 Å². The van der Waals surface area contributed by atoms with Crippen molar-refractivity contribution in [3.05, 3.63) is 41.8 Å². The van der Waals surface area contributed by atoms with Crippen LogP contribution in [0.3, 0.4) is 0 Å². The molecule has 2 aromatic heterocycles. The highest BCUT2D eigenvalue weighted by Crippen LogP contribution is 2.34. The van der Waals surface area contributed by atoms with Crippen molar-refractivity contribution in [3.63, 3.8) is 0 Å². The fourth-order valence-corrected chi connectivity index (χ4v) is 5.43. The molecule has 3 heterocycles. The minimum atomic E-state index is -3.94. The molecule has 0 saturated carbocycles. The van der Waals surface area contributed by atoms with E-state index in [1.54, 1.807) is 4.68 Å². The molecule has 2 atom stereocenters. The van der Waals surface area contributed by atoms with Crippen LogP contribution in [0.5, 0.6) is 5.88 Å².